The van der Waals surface area contributed by atoms with Gasteiger partial charge in [-0.05, 0) is 42.7 Å². The Hall–Kier alpha value is -1.67. The third kappa shape index (κ3) is 2.91. The Morgan fingerprint density at radius 1 is 0.900 bits per heavy atom. The fourth-order valence-electron chi connectivity index (χ4n) is 2.22. The summed E-state index contributed by atoms with van der Waals surface area (Å²) < 4.78 is 10.6. The number of ether oxygens (including phenoxy) is 2. The van der Waals surface area contributed by atoms with E-state index in [9.17, 15) is 0 Å². The van der Waals surface area contributed by atoms with E-state index in [0.29, 0.717) is 11.5 Å². The zero-order valence-electron chi connectivity index (χ0n) is 12.2. The first-order valence-electron chi connectivity index (χ1n) is 6.50. The molecule has 2 aromatic carbocycles. The van der Waals surface area contributed by atoms with Gasteiger partial charge in [0.25, 0.3) is 0 Å². The second-order valence-electron chi connectivity index (χ2n) is 4.84. The molecule has 0 aliphatic heterocycles. The minimum absolute atomic E-state index is 0.199. The molecule has 0 heterocycles. The molecule has 2 rings (SSSR count). The molecule has 1 atom stereocenters. The minimum Gasteiger partial charge on any atom is -0.493 e. The van der Waals surface area contributed by atoms with Crippen molar-refractivity contribution in [2.24, 2.45) is 0 Å². The normalized spacial score (nSPS) is 12.1. The molecule has 0 bridgehead atoms. The molecule has 2 nitrogen and oxygen atoms in total. The van der Waals surface area contributed by atoms with Crippen molar-refractivity contribution in [3.63, 3.8) is 0 Å². The third-order valence-corrected chi connectivity index (χ3v) is 3.90. The Morgan fingerprint density at radius 3 is 2.25 bits per heavy atom. The molecular weight excluding hydrogens is 272 g/mol. The topological polar surface area (TPSA) is 18.5 Å². The lowest BCUT2D eigenvalue weighted by molar-refractivity contribution is 0.354. The number of benzene rings is 2. The monoisotopic (exact) mass is 290 g/mol. The van der Waals surface area contributed by atoms with Crippen molar-refractivity contribution in [1.82, 2.24) is 0 Å². The number of aryl methyl sites for hydroxylation is 2. The van der Waals surface area contributed by atoms with E-state index in [-0.39, 0.29) is 5.38 Å². The van der Waals surface area contributed by atoms with E-state index in [1.54, 1.807) is 14.2 Å². The Bertz CT molecular complexity index is 608. The fourth-order valence-corrected chi connectivity index (χ4v) is 2.59. The quantitative estimate of drug-likeness (QED) is 0.763. The van der Waals surface area contributed by atoms with Crippen molar-refractivity contribution >= 4 is 11.6 Å². The molecule has 0 spiro atoms. The van der Waals surface area contributed by atoms with E-state index in [4.69, 9.17) is 21.1 Å². The summed E-state index contributed by atoms with van der Waals surface area (Å²) in [5, 5.41) is -0.199. The average molecular weight is 291 g/mol. The van der Waals surface area contributed by atoms with Gasteiger partial charge in [0.1, 0.15) is 0 Å². The minimum atomic E-state index is -0.199. The predicted molar refractivity (Wildman–Crippen MR) is 83.2 cm³/mol. The molecule has 20 heavy (non-hydrogen) atoms. The molecule has 0 radical (unpaired) electrons. The maximum atomic E-state index is 6.64. The number of hydrogen-bond donors (Lipinski definition) is 0. The van der Waals surface area contributed by atoms with Crippen LogP contribution in [-0.4, -0.2) is 14.2 Å². The highest BCUT2D eigenvalue weighted by Gasteiger charge is 2.15. The lowest BCUT2D eigenvalue weighted by atomic mass is 9.98. The number of rotatable bonds is 4. The number of alkyl halides is 1. The Morgan fingerprint density at radius 2 is 1.60 bits per heavy atom. The summed E-state index contributed by atoms with van der Waals surface area (Å²) in [6.45, 7) is 4.14. The standard InChI is InChI=1S/C17H19ClO2/c1-11-5-6-12(2)14(9-11)17(18)13-7-8-15(19-3)16(10-13)20-4/h5-10,17H,1-4H3. The van der Waals surface area contributed by atoms with E-state index in [1.165, 1.54) is 11.1 Å². The van der Waals surface area contributed by atoms with Gasteiger partial charge in [-0.15, -0.1) is 11.6 Å². The molecule has 1 unspecified atom stereocenters. The van der Waals surface area contributed by atoms with Gasteiger partial charge >= 0.3 is 0 Å². The number of halogens is 1. The second kappa shape index (κ2) is 6.19. The fraction of sp³-hybridized carbons (Fsp3) is 0.294. The highest BCUT2D eigenvalue weighted by Crippen LogP contribution is 2.36. The van der Waals surface area contributed by atoms with Crippen LogP contribution in [0.4, 0.5) is 0 Å². The van der Waals surface area contributed by atoms with Gasteiger partial charge < -0.3 is 9.47 Å². The maximum absolute atomic E-state index is 6.64. The van der Waals surface area contributed by atoms with Crippen LogP contribution in [0.15, 0.2) is 36.4 Å². The third-order valence-electron chi connectivity index (χ3n) is 3.41. The van der Waals surface area contributed by atoms with Crippen LogP contribution in [0.2, 0.25) is 0 Å². The van der Waals surface area contributed by atoms with E-state index in [1.807, 2.05) is 18.2 Å². The van der Waals surface area contributed by atoms with Crippen molar-refractivity contribution in [3.05, 3.63) is 58.7 Å². The smallest absolute Gasteiger partial charge is 0.161 e. The van der Waals surface area contributed by atoms with Crippen LogP contribution in [0, 0.1) is 13.8 Å². The van der Waals surface area contributed by atoms with E-state index >= 15 is 0 Å². The Kier molecular flexibility index (Phi) is 4.56. The van der Waals surface area contributed by atoms with Gasteiger partial charge in [-0.1, -0.05) is 29.8 Å². The molecule has 3 heteroatoms. The molecule has 2 aromatic rings. The summed E-state index contributed by atoms with van der Waals surface area (Å²) in [5.74, 6) is 1.40. The van der Waals surface area contributed by atoms with Gasteiger partial charge in [-0.25, -0.2) is 0 Å². The van der Waals surface area contributed by atoms with Crippen LogP contribution >= 0.6 is 11.6 Å². The van der Waals surface area contributed by atoms with Gasteiger partial charge in [-0.2, -0.15) is 0 Å². The Balaban J connectivity index is 2.42. The first-order chi connectivity index (χ1) is 9.56. The van der Waals surface area contributed by atoms with Gasteiger partial charge in [-0.3, -0.25) is 0 Å². The lowest BCUT2D eigenvalue weighted by Crippen LogP contribution is -1.99. The molecule has 0 aliphatic carbocycles. The zero-order chi connectivity index (χ0) is 14.7. The van der Waals surface area contributed by atoms with Crippen molar-refractivity contribution in [2.45, 2.75) is 19.2 Å². The van der Waals surface area contributed by atoms with E-state index in [0.717, 1.165) is 11.1 Å². The van der Waals surface area contributed by atoms with Crippen molar-refractivity contribution in [2.75, 3.05) is 14.2 Å². The molecular formula is C17H19ClO2. The highest BCUT2D eigenvalue weighted by molar-refractivity contribution is 6.22. The molecule has 106 valence electrons. The van der Waals surface area contributed by atoms with Crippen LogP contribution in [0.25, 0.3) is 0 Å². The van der Waals surface area contributed by atoms with Crippen LogP contribution in [0.1, 0.15) is 27.6 Å². The second-order valence-corrected chi connectivity index (χ2v) is 5.27. The summed E-state index contributed by atoms with van der Waals surface area (Å²) in [5.41, 5.74) is 4.51. The SMILES string of the molecule is COc1ccc(C(Cl)c2cc(C)ccc2C)cc1OC. The van der Waals surface area contributed by atoms with Crippen LogP contribution in [0.5, 0.6) is 11.5 Å². The van der Waals surface area contributed by atoms with Crippen LogP contribution in [-0.2, 0) is 0 Å². The van der Waals surface area contributed by atoms with Gasteiger partial charge in [0.2, 0.25) is 0 Å². The predicted octanol–water partition coefficient (Wildman–Crippen LogP) is 4.65. The molecule has 0 saturated heterocycles. The van der Waals surface area contributed by atoms with E-state index < -0.39 is 0 Å². The first kappa shape index (κ1) is 14.7. The summed E-state index contributed by atoms with van der Waals surface area (Å²) in [4.78, 5) is 0. The number of hydrogen-bond acceptors (Lipinski definition) is 2. The molecule has 0 amide bonds. The first-order valence-corrected chi connectivity index (χ1v) is 6.93. The molecule has 0 aromatic heterocycles. The average Bonchev–Trinajstić information content (AvgIpc) is 2.48. The van der Waals surface area contributed by atoms with E-state index in [2.05, 4.69) is 32.0 Å². The Labute approximate surface area is 125 Å². The summed E-state index contributed by atoms with van der Waals surface area (Å²) in [6.07, 6.45) is 0. The van der Waals surface area contributed by atoms with Gasteiger partial charge in [0.05, 0.1) is 19.6 Å². The van der Waals surface area contributed by atoms with Crippen molar-refractivity contribution < 1.29 is 9.47 Å². The van der Waals surface area contributed by atoms with Crippen LogP contribution < -0.4 is 9.47 Å². The zero-order valence-corrected chi connectivity index (χ0v) is 13.0. The maximum Gasteiger partial charge on any atom is 0.161 e. The highest BCUT2D eigenvalue weighted by atomic mass is 35.5. The molecule has 0 fully saturated rings. The summed E-state index contributed by atoms with van der Waals surface area (Å²) in [7, 11) is 3.25. The van der Waals surface area contributed by atoms with Gasteiger partial charge in [0, 0.05) is 0 Å². The number of methoxy groups -OCH3 is 2. The van der Waals surface area contributed by atoms with Crippen LogP contribution in [0.3, 0.4) is 0 Å². The van der Waals surface area contributed by atoms with Crippen molar-refractivity contribution in [1.29, 1.82) is 0 Å². The lowest BCUT2D eigenvalue weighted by Gasteiger charge is -2.16. The summed E-state index contributed by atoms with van der Waals surface area (Å²) in [6, 6.07) is 12.1. The van der Waals surface area contributed by atoms with Crippen molar-refractivity contribution in [3.8, 4) is 11.5 Å². The van der Waals surface area contributed by atoms with Gasteiger partial charge in [0.15, 0.2) is 11.5 Å². The molecule has 0 N–H and O–H groups in total. The largest absolute Gasteiger partial charge is 0.493 e. The molecule has 0 saturated carbocycles. The summed E-state index contributed by atoms with van der Waals surface area (Å²) >= 11 is 6.64. The molecule has 0 aliphatic rings.